The smallest absolute Gasteiger partial charge is 0.338 e. The summed E-state index contributed by atoms with van der Waals surface area (Å²) < 4.78 is 16.2. The lowest BCUT2D eigenvalue weighted by atomic mass is 10.1. The average Bonchev–Trinajstić information content (AvgIpc) is 2.85. The molecule has 0 unspecified atom stereocenters. The van der Waals surface area contributed by atoms with Gasteiger partial charge in [0.1, 0.15) is 0 Å². The number of ether oxygens (including phenoxy) is 3. The van der Waals surface area contributed by atoms with Crippen molar-refractivity contribution in [3.05, 3.63) is 53.6 Å². The second-order valence-electron chi connectivity index (χ2n) is 5.65. The van der Waals surface area contributed by atoms with Gasteiger partial charge >= 0.3 is 5.97 Å². The van der Waals surface area contributed by atoms with Gasteiger partial charge in [-0.3, -0.25) is 4.79 Å². The lowest BCUT2D eigenvalue weighted by Gasteiger charge is -2.11. The molecule has 0 bridgehead atoms. The fourth-order valence-electron chi connectivity index (χ4n) is 2.45. The average molecular weight is 341 g/mol. The van der Waals surface area contributed by atoms with Crippen LogP contribution < -0.4 is 14.8 Å². The number of nitrogens with one attached hydrogen (secondary N) is 1. The van der Waals surface area contributed by atoms with E-state index in [0.29, 0.717) is 36.0 Å². The van der Waals surface area contributed by atoms with E-state index in [0.717, 1.165) is 12.0 Å². The number of hydrogen-bond acceptors (Lipinski definition) is 5. The second kappa shape index (κ2) is 7.70. The van der Waals surface area contributed by atoms with E-state index in [4.69, 9.17) is 14.2 Å². The first kappa shape index (κ1) is 16.8. The van der Waals surface area contributed by atoms with E-state index in [2.05, 4.69) is 5.32 Å². The highest BCUT2D eigenvalue weighted by Crippen LogP contribution is 2.32. The van der Waals surface area contributed by atoms with Gasteiger partial charge in [-0.1, -0.05) is 18.2 Å². The molecule has 3 rings (SSSR count). The topological polar surface area (TPSA) is 73.9 Å². The molecule has 1 amide bonds. The van der Waals surface area contributed by atoms with E-state index in [1.807, 2.05) is 19.1 Å². The monoisotopic (exact) mass is 341 g/mol. The fraction of sp³-hybridized carbons (Fsp3) is 0.263. The van der Waals surface area contributed by atoms with Crippen molar-refractivity contribution in [1.29, 1.82) is 0 Å². The summed E-state index contributed by atoms with van der Waals surface area (Å²) in [6.07, 6.45) is 0.811. The molecule has 0 spiro atoms. The van der Waals surface area contributed by atoms with Crippen molar-refractivity contribution in [2.24, 2.45) is 0 Å². The molecule has 1 N–H and O–H groups in total. The fourth-order valence-corrected chi connectivity index (χ4v) is 2.45. The molecule has 1 aliphatic heterocycles. The van der Waals surface area contributed by atoms with Gasteiger partial charge in [-0.2, -0.15) is 0 Å². The third-order valence-electron chi connectivity index (χ3n) is 3.73. The van der Waals surface area contributed by atoms with Crippen molar-refractivity contribution in [2.45, 2.75) is 13.3 Å². The Bertz CT molecular complexity index is 787. The van der Waals surface area contributed by atoms with E-state index < -0.39 is 11.9 Å². The van der Waals surface area contributed by atoms with Gasteiger partial charge in [0.25, 0.3) is 5.91 Å². The maximum absolute atomic E-state index is 12.0. The molecule has 0 aliphatic carbocycles. The van der Waals surface area contributed by atoms with Crippen LogP contribution in [0.15, 0.2) is 42.5 Å². The van der Waals surface area contributed by atoms with Crippen LogP contribution in [0.4, 0.5) is 5.69 Å². The Hall–Kier alpha value is -3.02. The van der Waals surface area contributed by atoms with E-state index >= 15 is 0 Å². The van der Waals surface area contributed by atoms with Crippen molar-refractivity contribution in [3.63, 3.8) is 0 Å². The van der Waals surface area contributed by atoms with E-state index in [9.17, 15) is 9.59 Å². The lowest BCUT2D eigenvalue weighted by Crippen LogP contribution is -2.21. The number of aryl methyl sites for hydroxylation is 1. The molecule has 0 saturated carbocycles. The van der Waals surface area contributed by atoms with Crippen LogP contribution >= 0.6 is 0 Å². The molecule has 0 saturated heterocycles. The van der Waals surface area contributed by atoms with Crippen molar-refractivity contribution in [3.8, 4) is 11.5 Å². The summed E-state index contributed by atoms with van der Waals surface area (Å²) in [7, 11) is 0. The van der Waals surface area contributed by atoms with Crippen LogP contribution in [0.1, 0.15) is 22.3 Å². The molecular formula is C19H19NO5. The van der Waals surface area contributed by atoms with Gasteiger partial charge in [0.15, 0.2) is 18.1 Å². The molecule has 6 heteroatoms. The van der Waals surface area contributed by atoms with Gasteiger partial charge in [0.2, 0.25) is 0 Å². The number of rotatable bonds is 4. The zero-order valence-electron chi connectivity index (χ0n) is 13.9. The lowest BCUT2D eigenvalue weighted by molar-refractivity contribution is -0.119. The van der Waals surface area contributed by atoms with Crippen molar-refractivity contribution < 1.29 is 23.8 Å². The molecule has 6 nitrogen and oxygen atoms in total. The third kappa shape index (κ3) is 4.29. The predicted molar refractivity (Wildman–Crippen MR) is 92.1 cm³/mol. The van der Waals surface area contributed by atoms with Crippen LogP contribution in [-0.4, -0.2) is 31.7 Å². The zero-order chi connectivity index (χ0) is 17.6. The standard InChI is InChI=1S/C19H19NO5/c1-13-5-2-3-6-15(13)19(22)25-12-18(21)20-14-7-8-16-17(11-14)24-10-4-9-23-16/h2-3,5-8,11H,4,9-10,12H2,1H3,(H,20,21). The number of amides is 1. The Balaban J connectivity index is 1.57. The molecule has 2 aromatic rings. The minimum Gasteiger partial charge on any atom is -0.490 e. The van der Waals surface area contributed by atoms with Crippen LogP contribution in [0, 0.1) is 6.92 Å². The Morgan fingerprint density at radius 3 is 2.64 bits per heavy atom. The summed E-state index contributed by atoms with van der Waals surface area (Å²) >= 11 is 0. The number of benzene rings is 2. The summed E-state index contributed by atoms with van der Waals surface area (Å²) in [5.41, 5.74) is 1.81. The summed E-state index contributed by atoms with van der Waals surface area (Å²) in [5.74, 6) is 0.303. The summed E-state index contributed by atoms with van der Waals surface area (Å²) in [4.78, 5) is 24.0. The first-order valence-corrected chi connectivity index (χ1v) is 8.06. The molecule has 130 valence electrons. The van der Waals surface area contributed by atoms with Gasteiger partial charge in [-0.05, 0) is 30.7 Å². The molecule has 1 aliphatic rings. The van der Waals surface area contributed by atoms with Gasteiger partial charge in [-0.15, -0.1) is 0 Å². The van der Waals surface area contributed by atoms with Crippen LogP contribution in [-0.2, 0) is 9.53 Å². The first-order chi connectivity index (χ1) is 12.1. The van der Waals surface area contributed by atoms with Crippen LogP contribution in [0.2, 0.25) is 0 Å². The first-order valence-electron chi connectivity index (χ1n) is 8.06. The maximum atomic E-state index is 12.0. The molecule has 2 aromatic carbocycles. The molecule has 0 fully saturated rings. The summed E-state index contributed by atoms with van der Waals surface area (Å²) in [6.45, 7) is 2.63. The summed E-state index contributed by atoms with van der Waals surface area (Å²) in [5, 5.41) is 2.68. The molecular weight excluding hydrogens is 322 g/mol. The number of anilines is 1. The highest BCUT2D eigenvalue weighted by atomic mass is 16.5. The zero-order valence-corrected chi connectivity index (χ0v) is 13.9. The summed E-state index contributed by atoms with van der Waals surface area (Å²) in [6, 6.07) is 12.2. The molecule has 0 aromatic heterocycles. The minimum absolute atomic E-state index is 0.360. The Morgan fingerprint density at radius 1 is 1.08 bits per heavy atom. The predicted octanol–water partition coefficient (Wildman–Crippen LogP) is 2.95. The van der Waals surface area contributed by atoms with E-state index in [1.165, 1.54) is 0 Å². The van der Waals surface area contributed by atoms with E-state index in [-0.39, 0.29) is 6.61 Å². The van der Waals surface area contributed by atoms with Crippen LogP contribution in [0.3, 0.4) is 0 Å². The SMILES string of the molecule is Cc1ccccc1C(=O)OCC(=O)Nc1ccc2c(c1)OCCCO2. The van der Waals surface area contributed by atoms with Crippen molar-refractivity contribution in [2.75, 3.05) is 25.1 Å². The van der Waals surface area contributed by atoms with Crippen molar-refractivity contribution >= 4 is 17.6 Å². The molecule has 0 radical (unpaired) electrons. The molecule has 0 atom stereocenters. The number of hydrogen-bond donors (Lipinski definition) is 1. The number of fused-ring (bicyclic) bond motifs is 1. The molecule has 25 heavy (non-hydrogen) atoms. The van der Waals surface area contributed by atoms with Crippen LogP contribution in [0.25, 0.3) is 0 Å². The van der Waals surface area contributed by atoms with Gasteiger partial charge in [-0.25, -0.2) is 4.79 Å². The quantitative estimate of drug-likeness (QED) is 0.866. The highest BCUT2D eigenvalue weighted by Gasteiger charge is 2.14. The Labute approximate surface area is 145 Å². The number of esters is 1. The van der Waals surface area contributed by atoms with Gasteiger partial charge < -0.3 is 19.5 Å². The number of carbonyl (C=O) groups is 2. The highest BCUT2D eigenvalue weighted by molar-refractivity contribution is 5.96. The second-order valence-corrected chi connectivity index (χ2v) is 5.65. The normalized spacial score (nSPS) is 12.8. The Kier molecular flexibility index (Phi) is 5.18. The van der Waals surface area contributed by atoms with Crippen LogP contribution in [0.5, 0.6) is 11.5 Å². The minimum atomic E-state index is -0.521. The molecule has 1 heterocycles. The largest absolute Gasteiger partial charge is 0.490 e. The third-order valence-corrected chi connectivity index (χ3v) is 3.73. The van der Waals surface area contributed by atoms with Gasteiger partial charge in [0.05, 0.1) is 18.8 Å². The van der Waals surface area contributed by atoms with E-state index in [1.54, 1.807) is 30.3 Å². The van der Waals surface area contributed by atoms with Crippen molar-refractivity contribution in [1.82, 2.24) is 0 Å². The number of carbonyl (C=O) groups excluding carboxylic acids is 2. The van der Waals surface area contributed by atoms with Gasteiger partial charge in [0, 0.05) is 18.2 Å². The maximum Gasteiger partial charge on any atom is 0.338 e. The Morgan fingerprint density at radius 2 is 1.84 bits per heavy atom.